The molecule has 0 radical (unpaired) electrons. The summed E-state index contributed by atoms with van der Waals surface area (Å²) in [5.74, 6) is -0.899. The smallest absolute Gasteiger partial charge is 0.369 e. The third-order valence-corrected chi connectivity index (χ3v) is 1.69. The summed E-state index contributed by atoms with van der Waals surface area (Å²) >= 11 is -0.454. The molecule has 0 bridgehead atoms. The van der Waals surface area contributed by atoms with Gasteiger partial charge in [-0.05, 0) is 6.42 Å². The Hall–Kier alpha value is 0.270. The molecule has 0 aromatic rings. The lowest BCUT2D eigenvalue weighted by Crippen LogP contribution is -2.38. The number of alkyl halides is 1. The van der Waals surface area contributed by atoms with Gasteiger partial charge in [-0.15, -0.1) is 0 Å². The van der Waals surface area contributed by atoms with Gasteiger partial charge in [0.2, 0.25) is 3.98 Å². The Morgan fingerprint density at radius 2 is 2.25 bits per heavy atom. The van der Waals surface area contributed by atoms with E-state index in [1.54, 1.807) is 0 Å². The van der Waals surface area contributed by atoms with Crippen molar-refractivity contribution >= 4 is 21.9 Å². The van der Waals surface area contributed by atoms with Crippen molar-refractivity contribution in [3.05, 3.63) is 0 Å². The SMILES string of the molecule is N[C@@H](CCBr)C(=O)OO[Br+2]([O-])[O-]. The minimum Gasteiger partial charge on any atom is -0.369 e. The first kappa shape index (κ1) is 12.3. The van der Waals surface area contributed by atoms with Gasteiger partial charge in [0.1, 0.15) is 6.04 Å². The molecule has 0 amide bonds. The topological polar surface area (TPSA) is 108 Å². The quantitative estimate of drug-likeness (QED) is 0.346. The van der Waals surface area contributed by atoms with Crippen molar-refractivity contribution in [2.45, 2.75) is 12.5 Å². The van der Waals surface area contributed by atoms with Gasteiger partial charge >= 0.3 is 20.8 Å². The van der Waals surface area contributed by atoms with Gasteiger partial charge in [0.15, 0.2) is 0 Å². The second kappa shape index (κ2) is 6.75. The van der Waals surface area contributed by atoms with Gasteiger partial charge in [-0.25, -0.2) is 9.68 Å². The van der Waals surface area contributed by atoms with E-state index in [0.717, 1.165) is 0 Å². The molecule has 12 heavy (non-hydrogen) atoms. The minimum absolute atomic E-state index is 0.349. The number of hydrogen-bond acceptors (Lipinski definition) is 6. The van der Waals surface area contributed by atoms with Crippen LogP contribution < -0.4 is 14.1 Å². The fourth-order valence-corrected chi connectivity index (χ4v) is 1.09. The number of nitrogens with two attached hydrogens (primary N) is 1. The molecule has 0 saturated heterocycles. The monoisotopic (exact) mass is 307 g/mol. The predicted octanol–water partition coefficient (Wildman–Crippen LogP) is -2.34. The highest BCUT2D eigenvalue weighted by molar-refractivity contribution is 9.09. The largest absolute Gasteiger partial charge is 0.497 e. The van der Waals surface area contributed by atoms with Crippen molar-refractivity contribution in [1.29, 1.82) is 0 Å². The van der Waals surface area contributed by atoms with Crippen molar-refractivity contribution in [2.75, 3.05) is 5.33 Å². The van der Waals surface area contributed by atoms with E-state index in [1.165, 1.54) is 0 Å². The number of carbonyl (C=O) groups is 1. The van der Waals surface area contributed by atoms with Crippen molar-refractivity contribution in [3.63, 3.8) is 0 Å². The van der Waals surface area contributed by atoms with Crippen LogP contribution in [0.5, 0.6) is 0 Å². The maximum Gasteiger partial charge on any atom is 0.497 e. The van der Waals surface area contributed by atoms with Crippen molar-refractivity contribution in [2.24, 2.45) is 5.73 Å². The molecular formula is C4H7Br2NO5. The second-order valence-electron chi connectivity index (χ2n) is 1.74. The Morgan fingerprint density at radius 3 is 2.67 bits per heavy atom. The lowest BCUT2D eigenvalue weighted by Gasteiger charge is -2.03. The van der Waals surface area contributed by atoms with Crippen LogP contribution in [0.3, 0.4) is 0 Å². The van der Waals surface area contributed by atoms with E-state index in [1.807, 2.05) is 0 Å². The molecule has 0 fully saturated rings. The van der Waals surface area contributed by atoms with Crippen LogP contribution >= 0.6 is 15.9 Å². The van der Waals surface area contributed by atoms with Gasteiger partial charge in [-0.3, -0.25) is 0 Å². The number of carbonyl (C=O) groups excluding carboxylic acids is 1. The normalized spacial score (nSPS) is 13.1. The molecule has 0 saturated carbocycles. The van der Waals surface area contributed by atoms with Crippen LogP contribution in [0.4, 0.5) is 0 Å². The van der Waals surface area contributed by atoms with E-state index < -0.39 is 26.8 Å². The molecule has 8 heteroatoms. The number of hydrogen-bond donors (Lipinski definition) is 1. The van der Waals surface area contributed by atoms with E-state index >= 15 is 0 Å². The first-order valence-electron chi connectivity index (χ1n) is 2.84. The fraction of sp³-hybridized carbons (Fsp3) is 0.750. The van der Waals surface area contributed by atoms with Crippen LogP contribution in [-0.4, -0.2) is 17.3 Å². The number of rotatable bonds is 5. The molecule has 0 heterocycles. The molecule has 0 aromatic heterocycles. The van der Waals surface area contributed by atoms with Gasteiger partial charge < -0.3 is 14.1 Å². The van der Waals surface area contributed by atoms with Crippen molar-refractivity contribution in [1.82, 2.24) is 0 Å². The summed E-state index contributed by atoms with van der Waals surface area (Å²) in [6.07, 6.45) is 0.349. The Kier molecular flexibility index (Phi) is 6.90. The maximum absolute atomic E-state index is 10.7. The first-order chi connectivity index (χ1) is 5.57. The van der Waals surface area contributed by atoms with Crippen LogP contribution in [0.15, 0.2) is 0 Å². The van der Waals surface area contributed by atoms with Crippen LogP contribution in [0.2, 0.25) is 0 Å². The lowest BCUT2D eigenvalue weighted by atomic mass is 10.2. The molecule has 0 rings (SSSR count). The lowest BCUT2D eigenvalue weighted by molar-refractivity contribution is -1.64. The summed E-state index contributed by atoms with van der Waals surface area (Å²) in [6, 6.07) is -0.869. The average molecular weight is 309 g/mol. The van der Waals surface area contributed by atoms with Crippen LogP contribution in [-0.2, 0) is 13.7 Å². The van der Waals surface area contributed by atoms with Gasteiger partial charge in [0, 0.05) is 5.33 Å². The molecule has 6 nitrogen and oxygen atoms in total. The van der Waals surface area contributed by atoms with Gasteiger partial charge in [0.25, 0.3) is 0 Å². The van der Waals surface area contributed by atoms with E-state index in [2.05, 4.69) is 24.8 Å². The Balaban J connectivity index is 3.57. The molecule has 0 aromatic carbocycles. The molecule has 0 aliphatic carbocycles. The third kappa shape index (κ3) is 5.86. The van der Waals surface area contributed by atoms with Crippen LogP contribution in [0.1, 0.15) is 6.42 Å². The summed E-state index contributed by atoms with van der Waals surface area (Å²) in [4.78, 5) is 14.5. The van der Waals surface area contributed by atoms with E-state index in [0.29, 0.717) is 11.8 Å². The Morgan fingerprint density at radius 1 is 1.67 bits per heavy atom. The van der Waals surface area contributed by atoms with Gasteiger partial charge in [-0.1, -0.05) is 15.9 Å². The number of halogens is 2. The summed E-state index contributed by atoms with van der Waals surface area (Å²) in [5.41, 5.74) is 5.24. The predicted molar refractivity (Wildman–Crippen MR) is 33.6 cm³/mol. The molecular weight excluding hydrogens is 302 g/mol. The fourth-order valence-electron chi connectivity index (χ4n) is 0.354. The first-order valence-corrected chi connectivity index (χ1v) is 5.90. The highest BCUT2D eigenvalue weighted by atomic mass is 80.0. The molecule has 2 N–H and O–H groups in total. The Bertz CT molecular complexity index is 143. The average Bonchev–Trinajstić information content (AvgIpc) is 2.00. The summed E-state index contributed by atoms with van der Waals surface area (Å²) in [7, 11) is 0. The standard InChI is InChI=1S/C4H7Br2NO5/c5-2-1-3(7)4(8)11-12-6(9)10/h3H,1-2,7H2/t3-/m0/s1. The van der Waals surface area contributed by atoms with Crippen molar-refractivity contribution in [3.8, 4) is 0 Å². The molecule has 0 unspecified atom stereocenters. The molecule has 1 atom stereocenters. The minimum atomic E-state index is -3.51. The molecule has 0 aliphatic heterocycles. The zero-order chi connectivity index (χ0) is 9.56. The highest BCUT2D eigenvalue weighted by Gasteiger charge is 2.22. The zero-order valence-corrected chi connectivity index (χ0v) is 9.04. The molecule has 0 spiro atoms. The second-order valence-corrected chi connectivity index (χ2v) is 3.59. The van der Waals surface area contributed by atoms with Crippen LogP contribution in [0.25, 0.3) is 0 Å². The summed E-state index contributed by atoms with van der Waals surface area (Å²) in [5, 5.41) is 0.524. The van der Waals surface area contributed by atoms with E-state index in [-0.39, 0.29) is 0 Å². The van der Waals surface area contributed by atoms with Gasteiger partial charge in [-0.2, -0.15) is 0 Å². The van der Waals surface area contributed by atoms with Crippen LogP contribution in [0, 0.1) is 14.8 Å². The third-order valence-electron chi connectivity index (χ3n) is 0.888. The van der Waals surface area contributed by atoms with Crippen molar-refractivity contribution < 1.29 is 36.9 Å². The summed E-state index contributed by atoms with van der Waals surface area (Å²) < 4.78 is 23.2. The van der Waals surface area contributed by atoms with Gasteiger partial charge in [0.05, 0.1) is 0 Å². The highest BCUT2D eigenvalue weighted by Crippen LogP contribution is 1.96. The zero-order valence-electron chi connectivity index (χ0n) is 5.87. The van der Waals surface area contributed by atoms with E-state index in [9.17, 15) is 13.2 Å². The Labute approximate surface area is 82.5 Å². The maximum atomic E-state index is 10.7. The molecule has 0 aliphatic rings. The summed E-state index contributed by atoms with van der Waals surface area (Å²) in [6.45, 7) is 0. The van der Waals surface area contributed by atoms with E-state index in [4.69, 9.17) is 5.73 Å². The molecule has 72 valence electrons.